The van der Waals surface area contributed by atoms with Crippen molar-refractivity contribution < 1.29 is 4.79 Å². The third-order valence-corrected chi connectivity index (χ3v) is 5.78. The topological polar surface area (TPSA) is 46.1 Å². The van der Waals surface area contributed by atoms with E-state index < -0.39 is 0 Å². The highest BCUT2D eigenvalue weighted by molar-refractivity contribution is 7.17. The number of aryl methyl sites for hydroxylation is 1. The zero-order valence-corrected chi connectivity index (χ0v) is 15.1. The molecule has 0 amide bonds. The van der Waals surface area contributed by atoms with Crippen molar-refractivity contribution in [1.29, 1.82) is 0 Å². The Morgan fingerprint density at radius 2 is 1.96 bits per heavy atom. The number of hydrogen-bond acceptors (Lipinski definition) is 5. The van der Waals surface area contributed by atoms with Crippen molar-refractivity contribution in [3.63, 3.8) is 0 Å². The molecule has 0 saturated heterocycles. The molecule has 3 aromatic rings. The summed E-state index contributed by atoms with van der Waals surface area (Å²) in [6.07, 6.45) is 5.73. The summed E-state index contributed by atoms with van der Waals surface area (Å²) in [7, 11) is 2.13. The number of pyridine rings is 1. The molecule has 0 spiro atoms. The first-order valence-electron chi connectivity index (χ1n) is 8.40. The van der Waals surface area contributed by atoms with Crippen LogP contribution in [0.1, 0.15) is 28.6 Å². The smallest absolute Gasteiger partial charge is 0.172 e. The third-order valence-electron chi connectivity index (χ3n) is 4.58. The van der Waals surface area contributed by atoms with Gasteiger partial charge in [-0.1, -0.05) is 6.07 Å². The van der Waals surface area contributed by atoms with E-state index in [-0.39, 0.29) is 5.78 Å². The van der Waals surface area contributed by atoms with E-state index in [0.29, 0.717) is 0 Å². The van der Waals surface area contributed by atoms with E-state index >= 15 is 0 Å². The van der Waals surface area contributed by atoms with Gasteiger partial charge in [0, 0.05) is 49.7 Å². The lowest BCUT2D eigenvalue weighted by Crippen LogP contribution is -2.24. The van der Waals surface area contributed by atoms with Crippen molar-refractivity contribution >= 4 is 22.8 Å². The van der Waals surface area contributed by atoms with Crippen LogP contribution in [0.2, 0.25) is 0 Å². The second-order valence-corrected chi connectivity index (χ2v) is 7.36. The molecule has 126 valence electrons. The summed E-state index contributed by atoms with van der Waals surface area (Å²) in [5.41, 5.74) is 5.42. The summed E-state index contributed by atoms with van der Waals surface area (Å²) in [5.74, 6) is 0.0580. The quantitative estimate of drug-likeness (QED) is 0.655. The fraction of sp³-hybridized carbons (Fsp3) is 0.250. The van der Waals surface area contributed by atoms with Crippen LogP contribution in [0, 0.1) is 0 Å². The number of hydrogen-bond donors (Lipinski definition) is 0. The number of nitrogens with zero attached hydrogens (tertiary/aromatic N) is 3. The van der Waals surface area contributed by atoms with E-state index in [0.717, 1.165) is 46.1 Å². The molecule has 3 heterocycles. The summed E-state index contributed by atoms with van der Waals surface area (Å²) < 4.78 is 0. The molecule has 5 heteroatoms. The molecule has 1 aliphatic rings. The maximum Gasteiger partial charge on any atom is 0.172 e. The van der Waals surface area contributed by atoms with Crippen LogP contribution >= 0.6 is 11.3 Å². The molecule has 0 unspecified atom stereocenters. The molecule has 25 heavy (non-hydrogen) atoms. The molecular weight excluding hydrogens is 330 g/mol. The predicted octanol–water partition coefficient (Wildman–Crippen LogP) is 4.46. The largest absolute Gasteiger partial charge is 0.374 e. The summed E-state index contributed by atoms with van der Waals surface area (Å²) >= 11 is 1.45. The lowest BCUT2D eigenvalue weighted by atomic mass is 9.98. The number of carbonyl (C=O) groups is 1. The average molecular weight is 349 g/mol. The van der Waals surface area contributed by atoms with Gasteiger partial charge < -0.3 is 4.90 Å². The molecule has 0 atom stereocenters. The van der Waals surface area contributed by atoms with Crippen LogP contribution in [0.25, 0.3) is 21.8 Å². The summed E-state index contributed by atoms with van der Waals surface area (Å²) in [4.78, 5) is 24.0. The molecule has 4 rings (SSSR count). The SMILES string of the molecule is CC(=O)c1sc(-c2ccncc2)nc1-c1ccc2c(c1)CCCN2C. The van der Waals surface area contributed by atoms with E-state index in [2.05, 4.69) is 35.1 Å². The van der Waals surface area contributed by atoms with Crippen molar-refractivity contribution in [2.24, 2.45) is 0 Å². The number of thiazole rings is 1. The maximum atomic E-state index is 12.2. The third kappa shape index (κ3) is 2.96. The highest BCUT2D eigenvalue weighted by Gasteiger charge is 2.20. The zero-order chi connectivity index (χ0) is 17.4. The Labute approximate surface area is 151 Å². The molecule has 0 saturated carbocycles. The molecule has 0 bridgehead atoms. The van der Waals surface area contributed by atoms with Gasteiger partial charge >= 0.3 is 0 Å². The molecule has 2 aromatic heterocycles. The van der Waals surface area contributed by atoms with Crippen LogP contribution in [-0.4, -0.2) is 29.3 Å². The molecule has 4 nitrogen and oxygen atoms in total. The molecule has 0 aliphatic carbocycles. The highest BCUT2D eigenvalue weighted by atomic mass is 32.1. The van der Waals surface area contributed by atoms with Crippen LogP contribution < -0.4 is 4.90 Å². The Morgan fingerprint density at radius 1 is 1.16 bits per heavy atom. The van der Waals surface area contributed by atoms with Gasteiger partial charge in [0.1, 0.15) is 5.01 Å². The van der Waals surface area contributed by atoms with Crippen LogP contribution in [0.5, 0.6) is 0 Å². The van der Waals surface area contributed by atoms with Crippen LogP contribution in [0.4, 0.5) is 5.69 Å². The molecule has 1 aliphatic heterocycles. The Kier molecular flexibility index (Phi) is 4.09. The van der Waals surface area contributed by atoms with Gasteiger partial charge in [0.2, 0.25) is 0 Å². The molecular formula is C20H19N3OS. The number of ketones is 1. The second kappa shape index (κ2) is 6.41. The number of benzene rings is 1. The van der Waals surface area contributed by atoms with Gasteiger partial charge in [0.05, 0.1) is 10.6 Å². The normalized spacial score (nSPS) is 13.6. The van der Waals surface area contributed by atoms with Gasteiger partial charge in [-0.05, 0) is 42.7 Å². The summed E-state index contributed by atoms with van der Waals surface area (Å²) in [5, 5.41) is 0.859. The first kappa shape index (κ1) is 16.0. The van der Waals surface area contributed by atoms with Gasteiger partial charge in [-0.25, -0.2) is 4.98 Å². The lowest BCUT2D eigenvalue weighted by Gasteiger charge is -2.27. The van der Waals surface area contributed by atoms with Gasteiger partial charge in [-0.2, -0.15) is 0 Å². The van der Waals surface area contributed by atoms with Crippen molar-refractivity contribution in [2.45, 2.75) is 19.8 Å². The number of anilines is 1. The van der Waals surface area contributed by atoms with Crippen LogP contribution in [-0.2, 0) is 6.42 Å². The monoisotopic (exact) mass is 349 g/mol. The van der Waals surface area contributed by atoms with Crippen LogP contribution in [0.15, 0.2) is 42.7 Å². The first-order valence-corrected chi connectivity index (χ1v) is 9.22. The Morgan fingerprint density at radius 3 is 2.72 bits per heavy atom. The lowest BCUT2D eigenvalue weighted by molar-refractivity contribution is 0.102. The van der Waals surface area contributed by atoms with E-state index in [1.165, 1.54) is 22.6 Å². The van der Waals surface area contributed by atoms with Crippen LogP contribution in [0.3, 0.4) is 0 Å². The average Bonchev–Trinajstić information content (AvgIpc) is 3.08. The predicted molar refractivity (Wildman–Crippen MR) is 102 cm³/mol. The van der Waals surface area contributed by atoms with E-state index in [1.54, 1.807) is 19.3 Å². The number of fused-ring (bicyclic) bond motifs is 1. The summed E-state index contributed by atoms with van der Waals surface area (Å²) in [6, 6.07) is 10.3. The maximum absolute atomic E-state index is 12.2. The number of rotatable bonds is 3. The number of Topliss-reactive ketones (excluding diaryl/α,β-unsaturated/α-hetero) is 1. The van der Waals surface area contributed by atoms with Gasteiger partial charge in [-0.15, -0.1) is 11.3 Å². The van der Waals surface area contributed by atoms with Crippen molar-refractivity contribution in [2.75, 3.05) is 18.5 Å². The van der Waals surface area contributed by atoms with E-state index in [4.69, 9.17) is 4.98 Å². The minimum absolute atomic E-state index is 0.0580. The standard InChI is InChI=1S/C20H19N3OS/c1-13(24)19-18(22-20(25-19)14-7-9-21-10-8-14)16-5-6-17-15(12-16)4-3-11-23(17)2/h5-10,12H,3-4,11H2,1-2H3. The fourth-order valence-electron chi connectivity index (χ4n) is 3.30. The summed E-state index contributed by atoms with van der Waals surface area (Å²) in [6.45, 7) is 2.70. The first-order chi connectivity index (χ1) is 12.1. The Bertz CT molecular complexity index is 933. The van der Waals surface area contributed by atoms with Gasteiger partial charge in [0.15, 0.2) is 5.78 Å². The number of carbonyl (C=O) groups excluding carboxylic acids is 1. The second-order valence-electron chi connectivity index (χ2n) is 6.36. The van der Waals surface area contributed by atoms with Gasteiger partial charge in [0.25, 0.3) is 0 Å². The minimum Gasteiger partial charge on any atom is -0.374 e. The highest BCUT2D eigenvalue weighted by Crippen LogP contribution is 2.36. The molecule has 0 radical (unpaired) electrons. The molecule has 1 aromatic carbocycles. The van der Waals surface area contributed by atoms with Crippen molar-refractivity contribution in [3.05, 3.63) is 53.2 Å². The van der Waals surface area contributed by atoms with E-state index in [1.807, 2.05) is 12.1 Å². The Hall–Kier alpha value is -2.53. The number of aromatic nitrogens is 2. The zero-order valence-electron chi connectivity index (χ0n) is 14.3. The molecule has 0 fully saturated rings. The Balaban J connectivity index is 1.82. The van der Waals surface area contributed by atoms with E-state index in [9.17, 15) is 4.79 Å². The minimum atomic E-state index is 0.0580. The molecule has 0 N–H and O–H groups in total. The van der Waals surface area contributed by atoms with Crippen molar-refractivity contribution in [1.82, 2.24) is 9.97 Å². The van der Waals surface area contributed by atoms with Crippen molar-refractivity contribution in [3.8, 4) is 21.8 Å². The van der Waals surface area contributed by atoms with Gasteiger partial charge in [-0.3, -0.25) is 9.78 Å². The fourth-order valence-corrected chi connectivity index (χ4v) is 4.29.